The van der Waals surface area contributed by atoms with Gasteiger partial charge in [0.2, 0.25) is 5.91 Å². The molecule has 2 heterocycles. The Morgan fingerprint density at radius 1 is 1.05 bits per heavy atom. The number of carbonyl (C=O) groups is 4. The van der Waals surface area contributed by atoms with Gasteiger partial charge in [0.1, 0.15) is 18.1 Å². The molecule has 0 spiro atoms. The van der Waals surface area contributed by atoms with Gasteiger partial charge in [-0.1, -0.05) is 37.1 Å². The lowest BCUT2D eigenvalue weighted by Crippen LogP contribution is -2.36. The van der Waals surface area contributed by atoms with E-state index in [2.05, 4.69) is 5.32 Å². The minimum atomic E-state index is -0.579. The van der Waals surface area contributed by atoms with E-state index >= 15 is 0 Å². The van der Waals surface area contributed by atoms with Crippen LogP contribution >= 0.6 is 23.4 Å². The van der Waals surface area contributed by atoms with Crippen LogP contribution in [0.15, 0.2) is 70.0 Å². The van der Waals surface area contributed by atoms with Gasteiger partial charge in [0, 0.05) is 22.3 Å². The second-order valence-corrected chi connectivity index (χ2v) is 9.52. The lowest BCUT2D eigenvalue weighted by Gasteiger charge is -2.12. The molecule has 3 aromatic rings. The van der Waals surface area contributed by atoms with Crippen molar-refractivity contribution in [1.82, 2.24) is 4.90 Å². The van der Waals surface area contributed by atoms with Crippen LogP contribution in [0.4, 0.5) is 10.5 Å². The van der Waals surface area contributed by atoms with Crippen LogP contribution in [0.2, 0.25) is 5.02 Å². The van der Waals surface area contributed by atoms with Gasteiger partial charge >= 0.3 is 5.97 Å². The third-order valence-corrected chi connectivity index (χ3v) is 6.50. The predicted octanol–water partition coefficient (Wildman–Crippen LogP) is 6.23. The first-order valence-corrected chi connectivity index (χ1v) is 12.7. The second kappa shape index (κ2) is 11.9. The summed E-state index contributed by atoms with van der Waals surface area (Å²) in [5.41, 5.74) is 1.68. The highest BCUT2D eigenvalue weighted by Gasteiger charge is 2.36. The molecule has 0 radical (unpaired) electrons. The molecule has 4 rings (SSSR count). The number of furan rings is 1. The molecule has 2 aromatic carbocycles. The Hall–Kier alpha value is -3.82. The smallest absolute Gasteiger partial charge is 0.338 e. The van der Waals surface area contributed by atoms with Crippen molar-refractivity contribution >= 4 is 58.1 Å². The number of hydrogen-bond acceptors (Lipinski definition) is 7. The summed E-state index contributed by atoms with van der Waals surface area (Å²) in [5, 5.41) is 2.60. The Balaban J connectivity index is 1.38. The van der Waals surface area contributed by atoms with E-state index in [1.807, 2.05) is 6.92 Å². The van der Waals surface area contributed by atoms with Crippen molar-refractivity contribution in [2.75, 3.05) is 18.5 Å². The number of halogens is 1. The summed E-state index contributed by atoms with van der Waals surface area (Å²) >= 11 is 6.57. The number of carbonyl (C=O) groups excluding carboxylic acids is 4. The molecule has 1 aromatic heterocycles. The average Bonchev–Trinajstić information content (AvgIpc) is 3.46. The minimum Gasteiger partial charge on any atom is -0.462 e. The number of amides is 3. The molecule has 3 amide bonds. The fourth-order valence-corrected chi connectivity index (χ4v) is 4.34. The van der Waals surface area contributed by atoms with Crippen LogP contribution in [0.1, 0.15) is 35.9 Å². The molecule has 1 aliphatic rings. The normalized spacial score (nSPS) is 14.3. The van der Waals surface area contributed by atoms with Crippen LogP contribution in [0.3, 0.4) is 0 Å². The number of thioether (sulfide) groups is 1. The highest BCUT2D eigenvalue weighted by atomic mass is 35.5. The number of rotatable bonds is 9. The molecule has 0 atom stereocenters. The van der Waals surface area contributed by atoms with Crippen molar-refractivity contribution in [3.63, 3.8) is 0 Å². The Morgan fingerprint density at radius 2 is 1.78 bits per heavy atom. The van der Waals surface area contributed by atoms with Crippen molar-refractivity contribution in [2.24, 2.45) is 0 Å². The third kappa shape index (κ3) is 6.69. The predicted molar refractivity (Wildman–Crippen MR) is 142 cm³/mol. The number of imide groups is 1. The van der Waals surface area contributed by atoms with Gasteiger partial charge in [-0.05, 0) is 66.7 Å². The first kappa shape index (κ1) is 26.2. The first-order chi connectivity index (χ1) is 17.8. The lowest BCUT2D eigenvalue weighted by molar-refractivity contribution is -0.127. The number of unbranched alkanes of at least 4 members (excludes halogenated alkanes) is 1. The molecule has 0 saturated carbocycles. The molecule has 10 heteroatoms. The molecule has 1 aliphatic heterocycles. The number of nitrogens with one attached hydrogen (secondary N) is 1. The standard InChI is InChI=1S/C27H23ClN2O6S/c1-2-3-14-35-26(33)18-6-4-17(5-7-18)22-13-12-21(36-22)15-23-25(32)30(27(34)37-23)16-24(31)29-20-10-8-19(28)9-11-20/h4-13,15H,2-3,14,16H2,1H3,(H,29,31)/b23-15+. The van der Waals surface area contributed by atoms with Gasteiger partial charge in [-0.15, -0.1) is 0 Å². The number of hydrogen-bond donors (Lipinski definition) is 1. The van der Waals surface area contributed by atoms with Crippen molar-refractivity contribution < 1.29 is 28.3 Å². The van der Waals surface area contributed by atoms with Crippen molar-refractivity contribution in [3.05, 3.63) is 81.9 Å². The summed E-state index contributed by atoms with van der Waals surface area (Å²) in [5.74, 6) is -0.570. The number of nitrogens with zero attached hydrogens (tertiary/aromatic N) is 1. The van der Waals surface area contributed by atoms with E-state index in [0.29, 0.717) is 34.4 Å². The number of anilines is 1. The van der Waals surface area contributed by atoms with Gasteiger partial charge in [0.05, 0.1) is 17.1 Å². The third-order valence-electron chi connectivity index (χ3n) is 5.34. The molecule has 8 nitrogen and oxygen atoms in total. The largest absolute Gasteiger partial charge is 0.462 e. The Bertz CT molecular complexity index is 1350. The van der Waals surface area contributed by atoms with E-state index in [4.69, 9.17) is 20.8 Å². The van der Waals surface area contributed by atoms with Gasteiger partial charge in [-0.2, -0.15) is 0 Å². The molecule has 0 aliphatic carbocycles. The molecule has 0 unspecified atom stereocenters. The Morgan fingerprint density at radius 3 is 2.49 bits per heavy atom. The monoisotopic (exact) mass is 538 g/mol. The Kier molecular flexibility index (Phi) is 8.47. The zero-order chi connectivity index (χ0) is 26.4. The van der Waals surface area contributed by atoms with E-state index in [9.17, 15) is 19.2 Å². The van der Waals surface area contributed by atoms with Crippen molar-refractivity contribution in [1.29, 1.82) is 0 Å². The van der Waals surface area contributed by atoms with Gasteiger partial charge in [-0.3, -0.25) is 19.3 Å². The second-order valence-electron chi connectivity index (χ2n) is 8.09. The summed E-state index contributed by atoms with van der Waals surface area (Å²) in [7, 11) is 0. The topological polar surface area (TPSA) is 106 Å². The first-order valence-electron chi connectivity index (χ1n) is 11.5. The zero-order valence-corrected chi connectivity index (χ0v) is 21.4. The van der Waals surface area contributed by atoms with Crippen LogP contribution < -0.4 is 5.32 Å². The maximum Gasteiger partial charge on any atom is 0.338 e. The molecule has 37 heavy (non-hydrogen) atoms. The fraction of sp³-hybridized carbons (Fsp3) is 0.185. The van der Waals surface area contributed by atoms with Crippen LogP contribution in [-0.2, 0) is 14.3 Å². The Labute approximate surface area is 222 Å². The highest BCUT2D eigenvalue weighted by Crippen LogP contribution is 2.33. The van der Waals surface area contributed by atoms with Gasteiger partial charge in [0.25, 0.3) is 11.1 Å². The summed E-state index contributed by atoms with van der Waals surface area (Å²) < 4.78 is 11.0. The van der Waals surface area contributed by atoms with Crippen LogP contribution in [0.5, 0.6) is 0 Å². The molecule has 1 fully saturated rings. The summed E-state index contributed by atoms with van der Waals surface area (Å²) in [6, 6.07) is 16.7. The van der Waals surface area contributed by atoms with Gasteiger partial charge in [-0.25, -0.2) is 4.79 Å². The molecule has 1 saturated heterocycles. The maximum absolute atomic E-state index is 12.8. The number of ether oxygens (including phenoxy) is 1. The van der Waals surface area contributed by atoms with Gasteiger partial charge in [0.15, 0.2) is 0 Å². The minimum absolute atomic E-state index is 0.148. The quantitative estimate of drug-likeness (QED) is 0.195. The van der Waals surface area contributed by atoms with Crippen molar-refractivity contribution in [2.45, 2.75) is 19.8 Å². The number of benzene rings is 2. The van der Waals surface area contributed by atoms with E-state index in [-0.39, 0.29) is 10.9 Å². The summed E-state index contributed by atoms with van der Waals surface area (Å²) in [4.78, 5) is 50.6. The van der Waals surface area contributed by atoms with Crippen LogP contribution in [0, 0.1) is 0 Å². The van der Waals surface area contributed by atoms with E-state index in [1.54, 1.807) is 60.7 Å². The van der Waals surface area contributed by atoms with E-state index in [0.717, 1.165) is 35.1 Å². The maximum atomic E-state index is 12.8. The average molecular weight is 539 g/mol. The van der Waals surface area contributed by atoms with E-state index < -0.39 is 23.6 Å². The molecule has 190 valence electrons. The summed E-state index contributed by atoms with van der Waals surface area (Å²) in [6.45, 7) is 1.99. The zero-order valence-electron chi connectivity index (χ0n) is 19.9. The molecular formula is C27H23ClN2O6S. The molecule has 0 bridgehead atoms. The van der Waals surface area contributed by atoms with E-state index in [1.165, 1.54) is 6.08 Å². The fourth-order valence-electron chi connectivity index (χ4n) is 3.39. The van der Waals surface area contributed by atoms with Gasteiger partial charge < -0.3 is 14.5 Å². The summed E-state index contributed by atoms with van der Waals surface area (Å²) in [6.07, 6.45) is 3.22. The lowest BCUT2D eigenvalue weighted by atomic mass is 10.1. The van der Waals surface area contributed by atoms with Crippen LogP contribution in [0.25, 0.3) is 17.4 Å². The number of esters is 1. The van der Waals surface area contributed by atoms with Crippen LogP contribution in [-0.4, -0.2) is 41.1 Å². The molecule has 1 N–H and O–H groups in total. The highest BCUT2D eigenvalue weighted by molar-refractivity contribution is 8.18. The SMILES string of the molecule is CCCCOC(=O)c1ccc(-c2ccc(/C=C3/SC(=O)N(CC(=O)Nc4ccc(Cl)cc4)C3=O)o2)cc1. The molecular weight excluding hydrogens is 516 g/mol. The van der Waals surface area contributed by atoms with Crippen molar-refractivity contribution in [3.8, 4) is 11.3 Å².